The summed E-state index contributed by atoms with van der Waals surface area (Å²) in [5.41, 5.74) is 4.49. The van der Waals surface area contributed by atoms with Gasteiger partial charge in [0.2, 0.25) is 11.9 Å². The van der Waals surface area contributed by atoms with Crippen molar-refractivity contribution in [1.29, 1.82) is 0 Å². The number of nitrogens with zero attached hydrogens (tertiary/aromatic N) is 3. The number of halogens is 1. The number of phosphoric ester groups is 2. The van der Waals surface area contributed by atoms with E-state index in [4.69, 9.17) is 15.2 Å². The number of nitrogens with two attached hydrogens (primary N) is 1. The maximum Gasteiger partial charge on any atom is 1.00 e. The van der Waals surface area contributed by atoms with Crippen molar-refractivity contribution in [3.63, 3.8) is 0 Å². The van der Waals surface area contributed by atoms with Gasteiger partial charge in [0.15, 0.2) is 23.7 Å². The van der Waals surface area contributed by atoms with E-state index in [1.807, 2.05) is 0 Å². The van der Waals surface area contributed by atoms with Crippen molar-refractivity contribution in [1.82, 2.24) is 24.8 Å². The summed E-state index contributed by atoms with van der Waals surface area (Å²) in [7, 11) is -11.8. The summed E-state index contributed by atoms with van der Waals surface area (Å²) in [5, 5.41) is 53.3. The fraction of sp³-hybridized carbons (Fsp3) is 0.667. The largest absolute Gasteiger partial charge is 1.00 e. The molecule has 242 valence electrons. The normalized spacial score (nSPS) is 32.6. The number of nitrogens with one attached hydrogen (secondary N) is 2. The zero-order valence-corrected chi connectivity index (χ0v) is 31.3. The van der Waals surface area contributed by atoms with Gasteiger partial charge in [-0.25, -0.2) is 9.29 Å². The van der Waals surface area contributed by atoms with Crippen LogP contribution < -0.4 is 85.5 Å². The molecular weight excluding hydrogens is 791 g/mol. The number of H-pyrrole nitrogens is 1. The number of aliphatic hydroxyl groups is 5. The number of amides is 1. The number of hydrogen-bond donors (Lipinski definition) is 8. The van der Waals surface area contributed by atoms with E-state index in [0.717, 1.165) is 10.9 Å². The van der Waals surface area contributed by atoms with E-state index in [9.17, 15) is 54.0 Å². The van der Waals surface area contributed by atoms with Crippen LogP contribution in [0.5, 0.6) is 0 Å². The van der Waals surface area contributed by atoms with Crippen LogP contribution in [0, 0.1) is 0 Å². The maximum atomic E-state index is 12.3. The Kier molecular flexibility index (Phi) is 15.5. The van der Waals surface area contributed by atoms with Gasteiger partial charge in [-0.05, 0) is 0 Å². The van der Waals surface area contributed by atoms with Crippen LogP contribution in [0.4, 0.5) is 5.95 Å². The van der Waals surface area contributed by atoms with Crippen molar-refractivity contribution in [3.8, 4) is 0 Å². The van der Waals surface area contributed by atoms with Gasteiger partial charge in [0.25, 0.3) is 21.2 Å². The van der Waals surface area contributed by atoms with E-state index in [2.05, 4.69) is 33.6 Å². The third-order valence-corrected chi connectivity index (χ3v) is 9.41. The molecule has 2 fully saturated rings. The molecule has 0 saturated carbocycles. The van der Waals surface area contributed by atoms with Gasteiger partial charge in [-0.2, -0.15) is 4.98 Å². The number of ether oxygens (including phenoxy) is 2. The first kappa shape index (κ1) is 41.5. The molecule has 2 aromatic rings. The predicted molar refractivity (Wildman–Crippen MR) is 140 cm³/mol. The summed E-state index contributed by atoms with van der Waals surface area (Å²) in [6, 6.07) is 0. The fourth-order valence-corrected chi connectivity index (χ4v) is 6.47. The SMILES string of the molecule is Nc1nc2c(ncn2C2OC(COP(=O)([O-])OP(=O)([O-])OC3OC(CNC(=O)CI)C(O)C(O)C3O)C(O)C2O)c(=O)[nH]1.[Na+].[Na+]. The van der Waals surface area contributed by atoms with Crippen molar-refractivity contribution in [2.24, 2.45) is 0 Å². The zero-order chi connectivity index (χ0) is 31.9. The van der Waals surface area contributed by atoms with Crippen LogP contribution in [0.1, 0.15) is 6.23 Å². The average molecular weight is 816 g/mol. The molecule has 0 radical (unpaired) electrons. The number of carbonyl (C=O) groups is 1. The van der Waals surface area contributed by atoms with Gasteiger partial charge in [0.1, 0.15) is 42.7 Å². The van der Waals surface area contributed by atoms with Gasteiger partial charge in [0.05, 0.1) is 17.4 Å². The number of carbonyl (C=O) groups excluding carboxylic acids is 1. The number of aromatic nitrogens is 4. The zero-order valence-electron chi connectivity index (χ0n) is 23.3. The van der Waals surface area contributed by atoms with Crippen LogP contribution in [-0.2, 0) is 36.8 Å². The molecule has 27 heteroatoms. The fourth-order valence-electron chi connectivity index (χ4n) is 4.12. The van der Waals surface area contributed by atoms with Crippen LogP contribution in [0.25, 0.3) is 11.2 Å². The Morgan fingerprint density at radius 2 is 1.71 bits per heavy atom. The molecule has 0 bridgehead atoms. The van der Waals surface area contributed by atoms with Crippen molar-refractivity contribution in [2.75, 3.05) is 23.3 Å². The summed E-state index contributed by atoms with van der Waals surface area (Å²) in [6.07, 6.45) is -15.4. The summed E-state index contributed by atoms with van der Waals surface area (Å²) in [6.45, 7) is -1.53. The van der Waals surface area contributed by atoms with Crippen molar-refractivity contribution in [3.05, 3.63) is 16.7 Å². The van der Waals surface area contributed by atoms with E-state index in [-0.39, 0.29) is 80.7 Å². The first-order valence-electron chi connectivity index (χ1n) is 12.0. The number of alkyl halides is 1. The molecule has 2 aliphatic heterocycles. The third-order valence-electron chi connectivity index (χ3n) is 6.18. The first-order valence-corrected chi connectivity index (χ1v) is 16.4. The van der Waals surface area contributed by atoms with Crippen LogP contribution >= 0.6 is 38.2 Å². The minimum atomic E-state index is -5.95. The van der Waals surface area contributed by atoms with Gasteiger partial charge in [-0.15, -0.1) is 0 Å². The number of fused-ring (bicyclic) bond motifs is 1. The Labute approximate surface area is 309 Å². The molecule has 0 aliphatic carbocycles. The molecule has 45 heavy (non-hydrogen) atoms. The van der Waals surface area contributed by atoms with Gasteiger partial charge < -0.3 is 60.4 Å². The summed E-state index contributed by atoms with van der Waals surface area (Å²) >= 11 is 1.74. The number of anilines is 1. The Bertz CT molecular complexity index is 1490. The van der Waals surface area contributed by atoms with E-state index in [1.165, 1.54) is 0 Å². The average Bonchev–Trinajstić information content (AvgIpc) is 3.46. The Morgan fingerprint density at radius 3 is 2.36 bits per heavy atom. The molecule has 22 nitrogen and oxygen atoms in total. The topological polar surface area (TPSA) is 346 Å². The smallest absolute Gasteiger partial charge is 0.756 e. The van der Waals surface area contributed by atoms with Crippen LogP contribution in [0.2, 0.25) is 0 Å². The number of rotatable bonds is 11. The number of nitrogen functional groups attached to an aromatic ring is 1. The predicted octanol–water partition coefficient (Wildman–Crippen LogP) is -11.3. The van der Waals surface area contributed by atoms with Crippen LogP contribution in [0.15, 0.2) is 11.1 Å². The summed E-state index contributed by atoms with van der Waals surface area (Å²) < 4.78 is 49.1. The van der Waals surface area contributed by atoms with Crippen LogP contribution in [0.3, 0.4) is 0 Å². The minimum Gasteiger partial charge on any atom is -0.756 e. The van der Waals surface area contributed by atoms with Crippen molar-refractivity contribution in [2.45, 2.75) is 55.2 Å². The third kappa shape index (κ3) is 9.95. The Balaban J connectivity index is 0.00000353. The summed E-state index contributed by atoms with van der Waals surface area (Å²) in [4.78, 5) is 58.0. The molecule has 11 unspecified atom stereocenters. The molecule has 1 amide bonds. The van der Waals surface area contributed by atoms with Gasteiger partial charge in [-0.3, -0.25) is 32.8 Å². The first-order chi connectivity index (χ1) is 20.0. The van der Waals surface area contributed by atoms with Crippen molar-refractivity contribution < 1.29 is 131 Å². The molecule has 2 saturated heterocycles. The number of phosphoric acid groups is 2. The number of imidazole rings is 1. The van der Waals surface area contributed by atoms with Gasteiger partial charge in [-0.1, -0.05) is 22.6 Å². The number of aromatic amines is 1. The molecule has 0 aromatic carbocycles. The number of aliphatic hydroxyl groups excluding tert-OH is 5. The molecular formula is C18H25IN6Na2O16P2. The molecule has 4 heterocycles. The second-order valence-corrected chi connectivity index (χ2v) is 12.8. The van der Waals surface area contributed by atoms with E-state index in [1.54, 1.807) is 22.6 Å². The Morgan fingerprint density at radius 1 is 1.07 bits per heavy atom. The molecule has 11 atom stereocenters. The number of hydrogen-bond acceptors (Lipinski definition) is 19. The van der Waals surface area contributed by atoms with E-state index in [0.29, 0.717) is 0 Å². The monoisotopic (exact) mass is 816 g/mol. The second kappa shape index (κ2) is 16.8. The van der Waals surface area contributed by atoms with Gasteiger partial charge in [0, 0.05) is 6.54 Å². The van der Waals surface area contributed by atoms with Gasteiger partial charge >= 0.3 is 59.1 Å². The maximum absolute atomic E-state index is 12.3. The molecule has 0 spiro atoms. The van der Waals surface area contributed by atoms with E-state index < -0.39 is 95.5 Å². The molecule has 9 N–H and O–H groups in total. The molecule has 4 rings (SSSR count). The quantitative estimate of drug-likeness (QED) is 0.0452. The molecule has 2 aromatic heterocycles. The Hall–Kier alpha value is 0.330. The second-order valence-electron chi connectivity index (χ2n) is 9.15. The summed E-state index contributed by atoms with van der Waals surface area (Å²) in [5.74, 6) is -0.793. The minimum absolute atomic E-state index is 0. The molecule has 2 aliphatic rings. The van der Waals surface area contributed by atoms with E-state index >= 15 is 0 Å². The standard InChI is InChI=1S/C18H27IN6O16P2.2Na/c19-1-7(26)21-2-5-9(27)11(29)13(31)17(39-5)40-43(35,36)41-42(33,34)37-3-6-10(28)12(30)16(38-6)25-4-22-8-14(25)23-18(20)24-15(8)32;;/h4-6,9-13,16-17,27-31H,1-3H2,(H,21,26)(H,33,34)(H,35,36)(H3,20,23,24,32);;/q;2*+1/p-2. The van der Waals surface area contributed by atoms with Crippen LogP contribution in [-0.4, -0.2) is 118 Å². The van der Waals surface area contributed by atoms with Crippen molar-refractivity contribution >= 4 is 61.3 Å².